The minimum absolute atomic E-state index is 0.0323. The maximum Gasteiger partial charge on any atom is 0.282 e. The van der Waals surface area contributed by atoms with Gasteiger partial charge in [0, 0.05) is 24.5 Å². The quantitative estimate of drug-likeness (QED) is 0.890. The van der Waals surface area contributed by atoms with E-state index in [0.717, 1.165) is 31.9 Å². The van der Waals surface area contributed by atoms with Crippen LogP contribution in [0.4, 0.5) is 11.4 Å². The van der Waals surface area contributed by atoms with Crippen molar-refractivity contribution in [3.05, 3.63) is 24.3 Å². The molecular formula is C20H32N3O+. The summed E-state index contributed by atoms with van der Waals surface area (Å²) in [5.74, 6) is 0.151. The lowest BCUT2D eigenvalue weighted by Gasteiger charge is -2.29. The number of likely N-dealkylation sites (tertiary alicyclic amines) is 1. The van der Waals surface area contributed by atoms with Gasteiger partial charge in [0.05, 0.1) is 13.1 Å². The summed E-state index contributed by atoms with van der Waals surface area (Å²) in [6, 6.07) is 8.41. The van der Waals surface area contributed by atoms with Gasteiger partial charge in [-0.05, 0) is 76.1 Å². The summed E-state index contributed by atoms with van der Waals surface area (Å²) in [6.07, 6.45) is 9.05. The number of amides is 1. The van der Waals surface area contributed by atoms with Crippen LogP contribution in [0.3, 0.4) is 0 Å². The number of hydrogen-bond donors (Lipinski definition) is 2. The first kappa shape index (κ1) is 17.3. The Bertz CT molecular complexity index is 514. The van der Waals surface area contributed by atoms with Crippen molar-refractivity contribution in [1.29, 1.82) is 0 Å². The number of piperidine rings is 1. The predicted molar refractivity (Wildman–Crippen MR) is 99.8 cm³/mol. The summed E-state index contributed by atoms with van der Waals surface area (Å²) in [5, 5.41) is 3.11. The van der Waals surface area contributed by atoms with E-state index in [-0.39, 0.29) is 11.9 Å². The number of nitrogens with one attached hydrogen (secondary N) is 2. The van der Waals surface area contributed by atoms with Crippen molar-refractivity contribution < 1.29 is 9.69 Å². The largest absolute Gasteiger partial charge is 0.372 e. The smallest absolute Gasteiger partial charge is 0.282 e. The second-order valence-electron chi connectivity index (χ2n) is 7.38. The zero-order valence-electron chi connectivity index (χ0n) is 15.0. The highest BCUT2D eigenvalue weighted by atomic mass is 16.2. The Morgan fingerprint density at radius 1 is 0.958 bits per heavy atom. The van der Waals surface area contributed by atoms with Gasteiger partial charge in [0.2, 0.25) is 0 Å². The molecule has 2 heterocycles. The van der Waals surface area contributed by atoms with Gasteiger partial charge in [-0.15, -0.1) is 0 Å². The Balaban J connectivity index is 1.55. The van der Waals surface area contributed by atoms with Gasteiger partial charge in [0.1, 0.15) is 0 Å². The van der Waals surface area contributed by atoms with Crippen LogP contribution in [0.2, 0.25) is 0 Å². The molecule has 0 radical (unpaired) electrons. The van der Waals surface area contributed by atoms with Crippen LogP contribution in [0.25, 0.3) is 0 Å². The van der Waals surface area contributed by atoms with Crippen molar-refractivity contribution in [3.8, 4) is 0 Å². The second-order valence-corrected chi connectivity index (χ2v) is 7.38. The van der Waals surface area contributed by atoms with E-state index in [0.29, 0.717) is 0 Å². The molecule has 0 aliphatic carbocycles. The van der Waals surface area contributed by atoms with Gasteiger partial charge in [-0.2, -0.15) is 0 Å². The topological polar surface area (TPSA) is 36.8 Å². The molecule has 2 fully saturated rings. The number of benzene rings is 1. The minimum Gasteiger partial charge on any atom is -0.372 e. The van der Waals surface area contributed by atoms with E-state index in [9.17, 15) is 4.79 Å². The molecule has 2 aliphatic heterocycles. The minimum atomic E-state index is 0.0323. The highest BCUT2D eigenvalue weighted by Gasteiger charge is 2.25. The van der Waals surface area contributed by atoms with E-state index in [1.54, 1.807) is 0 Å². The molecule has 2 N–H and O–H groups in total. The molecule has 0 saturated carbocycles. The molecule has 0 unspecified atom stereocenters. The lowest BCUT2D eigenvalue weighted by atomic mass is 10.1. The molecule has 24 heavy (non-hydrogen) atoms. The lowest BCUT2D eigenvalue weighted by molar-refractivity contribution is -0.913. The number of anilines is 2. The van der Waals surface area contributed by atoms with Crippen LogP contribution >= 0.6 is 0 Å². The molecule has 132 valence electrons. The summed E-state index contributed by atoms with van der Waals surface area (Å²) >= 11 is 0. The third kappa shape index (κ3) is 4.50. The fraction of sp³-hybridized carbons (Fsp3) is 0.650. The van der Waals surface area contributed by atoms with Crippen LogP contribution in [0.1, 0.15) is 51.9 Å². The number of carbonyl (C=O) groups excluding carboxylic acids is 1. The number of quaternary nitrogens is 1. The van der Waals surface area contributed by atoms with E-state index in [1.807, 2.05) is 12.1 Å². The van der Waals surface area contributed by atoms with Crippen molar-refractivity contribution in [1.82, 2.24) is 0 Å². The fourth-order valence-electron chi connectivity index (χ4n) is 3.96. The average molecular weight is 330 g/mol. The molecule has 1 atom stereocenters. The normalized spacial score (nSPS) is 21.1. The highest BCUT2D eigenvalue weighted by Crippen LogP contribution is 2.21. The van der Waals surface area contributed by atoms with E-state index in [2.05, 4.69) is 29.3 Å². The second kappa shape index (κ2) is 8.52. The number of hydrogen-bond acceptors (Lipinski definition) is 2. The molecule has 2 saturated heterocycles. The molecule has 4 nitrogen and oxygen atoms in total. The maximum atomic E-state index is 12.6. The highest BCUT2D eigenvalue weighted by molar-refractivity contribution is 5.93. The van der Waals surface area contributed by atoms with E-state index in [1.165, 1.54) is 55.5 Å². The van der Waals surface area contributed by atoms with Crippen LogP contribution < -0.4 is 15.1 Å². The molecule has 1 aromatic carbocycles. The predicted octanol–water partition coefficient (Wildman–Crippen LogP) is 2.46. The van der Waals surface area contributed by atoms with Gasteiger partial charge in [0.25, 0.3) is 5.91 Å². The van der Waals surface area contributed by atoms with Gasteiger partial charge in [0.15, 0.2) is 6.04 Å². The SMILES string of the molecule is C[C@H](C(=O)Nc1ccc(N2CCCCC2)cc1)[NH+]1CCCCCC1. The first-order chi connectivity index (χ1) is 11.7. The lowest BCUT2D eigenvalue weighted by Crippen LogP contribution is -3.16. The van der Waals surface area contributed by atoms with Crippen molar-refractivity contribution in [3.63, 3.8) is 0 Å². The summed E-state index contributed by atoms with van der Waals surface area (Å²) < 4.78 is 0. The van der Waals surface area contributed by atoms with E-state index >= 15 is 0 Å². The molecule has 0 bridgehead atoms. The molecule has 4 heteroatoms. The fourth-order valence-corrected chi connectivity index (χ4v) is 3.96. The zero-order chi connectivity index (χ0) is 16.8. The van der Waals surface area contributed by atoms with Crippen LogP contribution in [0.15, 0.2) is 24.3 Å². The van der Waals surface area contributed by atoms with Gasteiger partial charge in [-0.25, -0.2) is 0 Å². The van der Waals surface area contributed by atoms with Gasteiger partial charge in [-0.3, -0.25) is 4.79 Å². The third-order valence-corrected chi connectivity index (χ3v) is 5.61. The number of carbonyl (C=O) groups is 1. The van der Waals surface area contributed by atoms with Crippen molar-refractivity contribution in [2.45, 2.75) is 57.9 Å². The Labute approximate surface area is 146 Å². The first-order valence-electron chi connectivity index (χ1n) is 9.74. The Hall–Kier alpha value is -1.55. The zero-order valence-corrected chi connectivity index (χ0v) is 15.0. The van der Waals surface area contributed by atoms with Gasteiger partial charge in [-0.1, -0.05) is 0 Å². The van der Waals surface area contributed by atoms with Crippen molar-refractivity contribution in [2.24, 2.45) is 0 Å². The molecule has 0 aromatic heterocycles. The van der Waals surface area contributed by atoms with Crippen LogP contribution in [-0.2, 0) is 4.79 Å². The Kier molecular flexibility index (Phi) is 6.13. The van der Waals surface area contributed by atoms with Gasteiger partial charge >= 0.3 is 0 Å². The molecule has 2 aliphatic rings. The van der Waals surface area contributed by atoms with Crippen LogP contribution in [0.5, 0.6) is 0 Å². The molecule has 1 aromatic rings. The van der Waals surface area contributed by atoms with Crippen LogP contribution in [0, 0.1) is 0 Å². The summed E-state index contributed by atoms with van der Waals surface area (Å²) in [4.78, 5) is 16.5. The Morgan fingerprint density at radius 2 is 1.54 bits per heavy atom. The molecule has 3 rings (SSSR count). The average Bonchev–Trinajstić information content (AvgIpc) is 2.92. The van der Waals surface area contributed by atoms with Crippen molar-refractivity contribution in [2.75, 3.05) is 36.4 Å². The molecule has 0 spiro atoms. The monoisotopic (exact) mass is 330 g/mol. The van der Waals surface area contributed by atoms with Crippen molar-refractivity contribution >= 4 is 17.3 Å². The summed E-state index contributed by atoms with van der Waals surface area (Å²) in [5.41, 5.74) is 2.20. The van der Waals surface area contributed by atoms with E-state index < -0.39 is 0 Å². The molecular weight excluding hydrogens is 298 g/mol. The number of rotatable bonds is 4. The summed E-state index contributed by atoms with van der Waals surface area (Å²) in [7, 11) is 0. The van der Waals surface area contributed by atoms with Gasteiger partial charge < -0.3 is 15.1 Å². The Morgan fingerprint density at radius 3 is 2.17 bits per heavy atom. The standard InChI is InChI=1S/C20H31N3O/c1-17(22-13-5-2-3-6-14-22)20(24)21-18-9-11-19(12-10-18)23-15-7-4-8-16-23/h9-12,17H,2-8,13-16H2,1H3,(H,21,24)/p+1/t17-/m1/s1. The maximum absolute atomic E-state index is 12.6. The van der Waals surface area contributed by atoms with E-state index in [4.69, 9.17) is 0 Å². The molecule has 1 amide bonds. The van der Waals surface area contributed by atoms with Crippen LogP contribution in [-0.4, -0.2) is 38.1 Å². The third-order valence-electron chi connectivity index (χ3n) is 5.61. The first-order valence-corrected chi connectivity index (χ1v) is 9.74. The number of nitrogens with zero attached hydrogens (tertiary/aromatic N) is 1. The summed E-state index contributed by atoms with van der Waals surface area (Å²) in [6.45, 7) is 6.63.